The van der Waals surface area contributed by atoms with Crippen LogP contribution in [-0.4, -0.2) is 43.7 Å². The van der Waals surface area contributed by atoms with Crippen LogP contribution in [0.4, 0.5) is 5.69 Å². The molecule has 4 rings (SSSR count). The molecule has 0 fully saturated rings. The van der Waals surface area contributed by atoms with Gasteiger partial charge < -0.3 is 19.5 Å². The number of para-hydroxylation sites is 1. The second-order valence-corrected chi connectivity index (χ2v) is 8.07. The van der Waals surface area contributed by atoms with E-state index in [0.717, 1.165) is 32.2 Å². The molecule has 154 valence electrons. The van der Waals surface area contributed by atoms with Gasteiger partial charge in [-0.2, -0.15) is 0 Å². The number of ether oxygens (including phenoxy) is 1. The highest BCUT2D eigenvalue weighted by Gasteiger charge is 2.29. The van der Waals surface area contributed by atoms with E-state index in [1.54, 1.807) is 19.1 Å². The summed E-state index contributed by atoms with van der Waals surface area (Å²) in [6.07, 6.45) is 3.84. The number of fused-ring (bicyclic) bond motifs is 2. The van der Waals surface area contributed by atoms with Gasteiger partial charge in [0.25, 0.3) is 5.91 Å². The lowest BCUT2D eigenvalue weighted by molar-refractivity contribution is -0.121. The molecule has 2 heterocycles. The van der Waals surface area contributed by atoms with Crippen molar-refractivity contribution in [2.75, 3.05) is 32.2 Å². The third kappa shape index (κ3) is 3.78. The van der Waals surface area contributed by atoms with E-state index in [0.29, 0.717) is 18.7 Å². The van der Waals surface area contributed by atoms with E-state index in [9.17, 15) is 9.59 Å². The standard InChI is InChI=1S/C23H22BrN3O3/c1-26-20-6-4-3-5-17(20)19(23(26)29)11-15-13-27(14-22(28)25-9-10-30-2)21-8-7-16(24)12-18(15)21/h3-8,11-13H,9-10,14H2,1-2H3,(H,25,28)/b19-11+. The van der Waals surface area contributed by atoms with Gasteiger partial charge >= 0.3 is 0 Å². The van der Waals surface area contributed by atoms with Crippen molar-refractivity contribution in [3.8, 4) is 0 Å². The Bertz CT molecular complexity index is 1170. The molecule has 30 heavy (non-hydrogen) atoms. The predicted molar refractivity (Wildman–Crippen MR) is 122 cm³/mol. The normalized spacial score (nSPS) is 14.6. The van der Waals surface area contributed by atoms with Crippen molar-refractivity contribution in [3.63, 3.8) is 0 Å². The van der Waals surface area contributed by atoms with Crippen molar-refractivity contribution in [1.29, 1.82) is 0 Å². The maximum Gasteiger partial charge on any atom is 0.258 e. The van der Waals surface area contributed by atoms with Crippen LogP contribution in [0.15, 0.2) is 53.1 Å². The van der Waals surface area contributed by atoms with Gasteiger partial charge in [0.05, 0.1) is 12.3 Å². The number of benzene rings is 2. The first-order valence-electron chi connectivity index (χ1n) is 9.63. The molecule has 0 spiro atoms. The predicted octanol–water partition coefficient (Wildman–Crippen LogP) is 3.68. The Morgan fingerprint density at radius 3 is 2.83 bits per heavy atom. The Hall–Kier alpha value is -2.90. The molecule has 1 aliphatic heterocycles. The number of halogens is 1. The number of nitrogens with one attached hydrogen (secondary N) is 1. The summed E-state index contributed by atoms with van der Waals surface area (Å²) in [5, 5.41) is 3.82. The largest absolute Gasteiger partial charge is 0.383 e. The van der Waals surface area contributed by atoms with E-state index in [1.807, 2.05) is 59.3 Å². The average Bonchev–Trinajstić information content (AvgIpc) is 3.18. The fraction of sp³-hybridized carbons (Fsp3) is 0.217. The van der Waals surface area contributed by atoms with Crippen molar-refractivity contribution in [3.05, 3.63) is 64.3 Å². The van der Waals surface area contributed by atoms with Gasteiger partial charge in [-0.05, 0) is 30.3 Å². The zero-order valence-electron chi connectivity index (χ0n) is 16.8. The molecule has 2 aromatic carbocycles. The van der Waals surface area contributed by atoms with Crippen molar-refractivity contribution >= 4 is 56.0 Å². The van der Waals surface area contributed by atoms with Gasteiger partial charge in [0, 0.05) is 59.0 Å². The van der Waals surface area contributed by atoms with E-state index in [2.05, 4.69) is 21.2 Å². The molecule has 1 aromatic heterocycles. The SMILES string of the molecule is COCCNC(=O)Cn1cc(/C=C2/C(=O)N(C)c3ccccc32)c2cc(Br)ccc21. The number of likely N-dealkylation sites (N-methyl/N-ethyl adjacent to an activating group) is 1. The van der Waals surface area contributed by atoms with E-state index in [4.69, 9.17) is 4.74 Å². The lowest BCUT2D eigenvalue weighted by Crippen LogP contribution is -2.30. The number of aromatic nitrogens is 1. The molecular formula is C23H22BrN3O3. The molecule has 0 saturated heterocycles. The van der Waals surface area contributed by atoms with Crippen LogP contribution in [0.1, 0.15) is 11.1 Å². The molecule has 2 amide bonds. The van der Waals surface area contributed by atoms with Crippen LogP contribution in [0, 0.1) is 0 Å². The van der Waals surface area contributed by atoms with Crippen LogP contribution < -0.4 is 10.2 Å². The van der Waals surface area contributed by atoms with Crippen LogP contribution >= 0.6 is 15.9 Å². The number of methoxy groups -OCH3 is 1. The van der Waals surface area contributed by atoms with Crippen LogP contribution in [0.25, 0.3) is 22.6 Å². The molecule has 7 heteroatoms. The Kier molecular flexibility index (Phi) is 5.74. The van der Waals surface area contributed by atoms with Gasteiger partial charge in [-0.1, -0.05) is 34.1 Å². The van der Waals surface area contributed by atoms with Crippen molar-refractivity contribution in [2.24, 2.45) is 0 Å². The molecule has 1 N–H and O–H groups in total. The minimum Gasteiger partial charge on any atom is -0.383 e. The third-order valence-electron chi connectivity index (χ3n) is 5.21. The van der Waals surface area contributed by atoms with Gasteiger partial charge in [-0.15, -0.1) is 0 Å². The molecule has 0 atom stereocenters. The zero-order valence-corrected chi connectivity index (χ0v) is 18.4. The number of amides is 2. The summed E-state index contributed by atoms with van der Waals surface area (Å²) in [7, 11) is 3.38. The van der Waals surface area contributed by atoms with Gasteiger partial charge in [0.1, 0.15) is 6.54 Å². The Morgan fingerprint density at radius 2 is 2.03 bits per heavy atom. The maximum atomic E-state index is 12.9. The topological polar surface area (TPSA) is 63.6 Å². The summed E-state index contributed by atoms with van der Waals surface area (Å²) in [6, 6.07) is 13.7. The number of anilines is 1. The summed E-state index contributed by atoms with van der Waals surface area (Å²) in [5.41, 5.74) is 4.29. The molecule has 0 aliphatic carbocycles. The Labute approximate surface area is 183 Å². The van der Waals surface area contributed by atoms with E-state index in [1.165, 1.54) is 0 Å². The highest BCUT2D eigenvalue weighted by atomic mass is 79.9. The summed E-state index contributed by atoms with van der Waals surface area (Å²) < 4.78 is 7.83. The van der Waals surface area contributed by atoms with E-state index < -0.39 is 0 Å². The van der Waals surface area contributed by atoms with E-state index in [-0.39, 0.29) is 18.4 Å². The molecule has 0 unspecified atom stereocenters. The average molecular weight is 468 g/mol. The lowest BCUT2D eigenvalue weighted by atomic mass is 10.0. The van der Waals surface area contributed by atoms with Crippen LogP contribution in [0.2, 0.25) is 0 Å². The number of carbonyl (C=O) groups excluding carboxylic acids is 2. The van der Waals surface area contributed by atoms with Gasteiger partial charge in [-0.3, -0.25) is 9.59 Å². The van der Waals surface area contributed by atoms with Crippen molar-refractivity contribution in [2.45, 2.75) is 6.54 Å². The van der Waals surface area contributed by atoms with Crippen LogP contribution in [-0.2, 0) is 20.9 Å². The summed E-state index contributed by atoms with van der Waals surface area (Å²) in [5.74, 6) is -0.127. The number of carbonyl (C=O) groups is 2. The molecule has 0 radical (unpaired) electrons. The fourth-order valence-corrected chi connectivity index (χ4v) is 4.10. The Morgan fingerprint density at radius 1 is 1.23 bits per heavy atom. The van der Waals surface area contributed by atoms with Gasteiger partial charge in [0.2, 0.25) is 5.91 Å². The molecule has 1 aliphatic rings. The minimum atomic E-state index is -0.0897. The fourth-order valence-electron chi connectivity index (χ4n) is 3.74. The number of nitrogens with zero attached hydrogens (tertiary/aromatic N) is 2. The first-order chi connectivity index (χ1) is 14.5. The second-order valence-electron chi connectivity index (χ2n) is 7.16. The van der Waals surface area contributed by atoms with Crippen LogP contribution in [0.3, 0.4) is 0 Å². The molecular weight excluding hydrogens is 446 g/mol. The van der Waals surface area contributed by atoms with E-state index >= 15 is 0 Å². The minimum absolute atomic E-state index is 0.0376. The maximum absolute atomic E-state index is 12.9. The summed E-state index contributed by atoms with van der Waals surface area (Å²) in [4.78, 5) is 26.9. The monoisotopic (exact) mass is 467 g/mol. The number of rotatable bonds is 6. The number of hydrogen-bond acceptors (Lipinski definition) is 3. The van der Waals surface area contributed by atoms with Crippen LogP contribution in [0.5, 0.6) is 0 Å². The first kappa shape index (κ1) is 20.4. The molecule has 6 nitrogen and oxygen atoms in total. The molecule has 0 saturated carbocycles. The smallest absolute Gasteiger partial charge is 0.258 e. The Balaban J connectivity index is 1.75. The van der Waals surface area contributed by atoms with Crippen molar-refractivity contribution in [1.82, 2.24) is 9.88 Å². The van der Waals surface area contributed by atoms with Gasteiger partial charge in [-0.25, -0.2) is 0 Å². The van der Waals surface area contributed by atoms with Crippen molar-refractivity contribution < 1.29 is 14.3 Å². The first-order valence-corrected chi connectivity index (χ1v) is 10.4. The molecule has 3 aromatic rings. The number of hydrogen-bond donors (Lipinski definition) is 1. The summed E-state index contributed by atoms with van der Waals surface area (Å²) >= 11 is 3.53. The molecule has 0 bridgehead atoms. The van der Waals surface area contributed by atoms with Gasteiger partial charge in [0.15, 0.2) is 0 Å². The highest BCUT2D eigenvalue weighted by Crippen LogP contribution is 2.37. The zero-order chi connectivity index (χ0) is 21.3. The summed E-state index contributed by atoms with van der Waals surface area (Å²) in [6.45, 7) is 1.13. The second kappa shape index (κ2) is 8.45. The quantitative estimate of drug-likeness (QED) is 0.444. The third-order valence-corrected chi connectivity index (χ3v) is 5.70. The highest BCUT2D eigenvalue weighted by molar-refractivity contribution is 9.10. The lowest BCUT2D eigenvalue weighted by Gasteiger charge is -2.07.